The Morgan fingerprint density at radius 3 is 2.74 bits per heavy atom. The Morgan fingerprint density at radius 1 is 1.26 bits per heavy atom. The average molecular weight is 439 g/mol. The molecule has 0 saturated heterocycles. The molecular weight excluding hydrogens is 425 g/mol. The zero-order chi connectivity index (χ0) is 16.4. The number of benzene rings is 1. The number of carbonyl (C=O) groups excluding carboxylic acids is 1. The second kappa shape index (κ2) is 6.83. The summed E-state index contributed by atoms with van der Waals surface area (Å²) in [7, 11) is 0. The molecule has 0 atom stereocenters. The van der Waals surface area contributed by atoms with Crippen molar-refractivity contribution in [3.63, 3.8) is 0 Å². The molecule has 1 N–H and O–H groups in total. The Kier molecular flexibility index (Phi) is 4.81. The number of amides is 1. The van der Waals surface area contributed by atoms with E-state index in [-0.39, 0.29) is 11.7 Å². The second-order valence-electron chi connectivity index (χ2n) is 4.99. The van der Waals surface area contributed by atoms with Gasteiger partial charge in [-0.15, -0.1) is 5.10 Å². The average Bonchev–Trinajstić information content (AvgIpc) is 2.91. The summed E-state index contributed by atoms with van der Waals surface area (Å²) in [4.78, 5) is 20.7. The molecule has 23 heavy (non-hydrogen) atoms. The molecule has 0 aliphatic carbocycles. The van der Waals surface area contributed by atoms with Gasteiger partial charge in [-0.25, -0.2) is 9.50 Å². The number of hydrogen-bond donors (Lipinski definition) is 1. The molecule has 0 aliphatic rings. The van der Waals surface area contributed by atoms with Crippen molar-refractivity contribution < 1.29 is 4.79 Å². The van der Waals surface area contributed by atoms with E-state index in [1.54, 1.807) is 4.52 Å². The number of halogens is 1. The zero-order valence-corrected chi connectivity index (χ0v) is 15.6. The van der Waals surface area contributed by atoms with Crippen LogP contribution in [0.15, 0.2) is 35.5 Å². The van der Waals surface area contributed by atoms with Crippen molar-refractivity contribution in [2.24, 2.45) is 0 Å². The van der Waals surface area contributed by atoms with Crippen LogP contribution in [0.1, 0.15) is 11.4 Å². The lowest BCUT2D eigenvalue weighted by Gasteiger charge is -2.03. The highest BCUT2D eigenvalue weighted by molar-refractivity contribution is 14.1. The van der Waals surface area contributed by atoms with Gasteiger partial charge in [0.2, 0.25) is 11.1 Å². The van der Waals surface area contributed by atoms with Crippen LogP contribution in [0.3, 0.4) is 0 Å². The first kappa shape index (κ1) is 16.2. The van der Waals surface area contributed by atoms with Crippen LogP contribution in [0.4, 0.5) is 5.69 Å². The molecule has 2 heterocycles. The fourth-order valence-corrected chi connectivity index (χ4v) is 3.05. The SMILES string of the molecule is Cc1cc(C)n2nc(SCC(=O)Nc3ccc(I)cc3)nc2n1. The number of rotatable bonds is 4. The maximum absolute atomic E-state index is 12.0. The van der Waals surface area contributed by atoms with E-state index in [0.717, 1.165) is 20.6 Å². The number of nitrogens with zero attached hydrogens (tertiary/aromatic N) is 4. The first-order valence-corrected chi connectivity index (χ1v) is 8.97. The van der Waals surface area contributed by atoms with E-state index in [9.17, 15) is 4.79 Å². The smallest absolute Gasteiger partial charge is 0.253 e. The molecule has 6 nitrogen and oxygen atoms in total. The third-order valence-corrected chi connectivity index (χ3v) is 4.62. The standard InChI is InChI=1S/C15H14IN5OS/c1-9-7-10(2)21-14(17-9)19-15(20-21)23-8-13(22)18-12-5-3-11(16)4-6-12/h3-7H,8H2,1-2H3,(H,18,22). The maximum atomic E-state index is 12.0. The number of aromatic nitrogens is 4. The second-order valence-corrected chi connectivity index (χ2v) is 7.18. The largest absolute Gasteiger partial charge is 0.325 e. The summed E-state index contributed by atoms with van der Waals surface area (Å²) in [6.45, 7) is 3.87. The lowest BCUT2D eigenvalue weighted by molar-refractivity contribution is -0.113. The Balaban J connectivity index is 1.64. The Labute approximate surface area is 151 Å². The van der Waals surface area contributed by atoms with Gasteiger partial charge in [0.05, 0.1) is 5.75 Å². The van der Waals surface area contributed by atoms with Crippen LogP contribution in [-0.2, 0) is 4.79 Å². The number of thioether (sulfide) groups is 1. The Hall–Kier alpha value is -1.68. The van der Waals surface area contributed by atoms with Gasteiger partial charge in [0, 0.05) is 20.6 Å². The van der Waals surface area contributed by atoms with Crippen molar-refractivity contribution in [3.05, 3.63) is 45.3 Å². The molecule has 0 aliphatic heterocycles. The van der Waals surface area contributed by atoms with Crippen molar-refractivity contribution >= 4 is 51.7 Å². The minimum Gasteiger partial charge on any atom is -0.325 e. The van der Waals surface area contributed by atoms with Crippen molar-refractivity contribution in [1.29, 1.82) is 0 Å². The molecule has 3 rings (SSSR count). The quantitative estimate of drug-likeness (QED) is 0.500. The predicted molar refractivity (Wildman–Crippen MR) is 98.8 cm³/mol. The van der Waals surface area contributed by atoms with E-state index in [1.165, 1.54) is 11.8 Å². The number of hydrogen-bond acceptors (Lipinski definition) is 5. The molecular formula is C15H14IN5OS. The van der Waals surface area contributed by atoms with E-state index in [4.69, 9.17) is 0 Å². The van der Waals surface area contributed by atoms with E-state index in [1.807, 2.05) is 44.2 Å². The topological polar surface area (TPSA) is 72.2 Å². The summed E-state index contributed by atoms with van der Waals surface area (Å²) in [5.74, 6) is 0.722. The van der Waals surface area contributed by atoms with Gasteiger partial charge >= 0.3 is 0 Å². The molecule has 8 heteroatoms. The van der Waals surface area contributed by atoms with E-state index >= 15 is 0 Å². The summed E-state index contributed by atoms with van der Waals surface area (Å²) < 4.78 is 2.81. The number of fused-ring (bicyclic) bond motifs is 1. The molecule has 1 amide bonds. The van der Waals surface area contributed by atoms with Gasteiger partial charge in [-0.05, 0) is 66.8 Å². The molecule has 0 radical (unpaired) electrons. The summed E-state index contributed by atoms with van der Waals surface area (Å²) >= 11 is 3.52. The lowest BCUT2D eigenvalue weighted by atomic mass is 10.3. The van der Waals surface area contributed by atoms with E-state index in [0.29, 0.717) is 10.9 Å². The van der Waals surface area contributed by atoms with Gasteiger partial charge in [0.1, 0.15) is 0 Å². The fourth-order valence-electron chi connectivity index (χ4n) is 2.07. The highest BCUT2D eigenvalue weighted by Gasteiger charge is 2.10. The molecule has 0 spiro atoms. The highest BCUT2D eigenvalue weighted by atomic mass is 127. The molecule has 0 saturated carbocycles. The van der Waals surface area contributed by atoms with E-state index in [2.05, 4.69) is 43.0 Å². The fraction of sp³-hybridized carbons (Fsp3) is 0.200. The molecule has 0 bridgehead atoms. The van der Waals surface area contributed by atoms with Crippen LogP contribution in [0.2, 0.25) is 0 Å². The van der Waals surface area contributed by atoms with Gasteiger partial charge in [0.15, 0.2) is 0 Å². The summed E-state index contributed by atoms with van der Waals surface area (Å²) in [5, 5.41) is 7.77. The number of anilines is 1. The molecule has 3 aromatic rings. The number of aryl methyl sites for hydroxylation is 2. The number of carbonyl (C=O) groups is 1. The van der Waals surface area contributed by atoms with Crippen molar-refractivity contribution in [2.45, 2.75) is 19.0 Å². The summed E-state index contributed by atoms with van der Waals surface area (Å²) in [6.07, 6.45) is 0. The first-order chi connectivity index (χ1) is 11.0. The van der Waals surface area contributed by atoms with Gasteiger partial charge in [-0.1, -0.05) is 11.8 Å². The molecule has 118 valence electrons. The molecule has 0 fully saturated rings. The van der Waals surface area contributed by atoms with Crippen LogP contribution in [0.25, 0.3) is 5.78 Å². The van der Waals surface area contributed by atoms with Crippen LogP contribution in [0.5, 0.6) is 0 Å². The normalized spacial score (nSPS) is 10.9. The van der Waals surface area contributed by atoms with Gasteiger partial charge in [-0.3, -0.25) is 4.79 Å². The first-order valence-electron chi connectivity index (χ1n) is 6.90. The van der Waals surface area contributed by atoms with E-state index < -0.39 is 0 Å². The minimum atomic E-state index is -0.0871. The third-order valence-electron chi connectivity index (χ3n) is 3.06. The van der Waals surface area contributed by atoms with Crippen molar-refractivity contribution in [3.8, 4) is 0 Å². The van der Waals surface area contributed by atoms with Gasteiger partial charge in [0.25, 0.3) is 5.78 Å². The van der Waals surface area contributed by atoms with Gasteiger partial charge < -0.3 is 5.32 Å². The van der Waals surface area contributed by atoms with Gasteiger partial charge in [-0.2, -0.15) is 4.98 Å². The Morgan fingerprint density at radius 2 is 2.00 bits per heavy atom. The zero-order valence-electron chi connectivity index (χ0n) is 12.6. The predicted octanol–water partition coefficient (Wildman–Crippen LogP) is 3.08. The highest BCUT2D eigenvalue weighted by Crippen LogP contribution is 2.16. The summed E-state index contributed by atoms with van der Waals surface area (Å²) in [6, 6.07) is 9.60. The molecule has 1 aromatic carbocycles. The molecule has 2 aromatic heterocycles. The van der Waals surface area contributed by atoms with Crippen LogP contribution >= 0.6 is 34.4 Å². The van der Waals surface area contributed by atoms with Crippen LogP contribution in [0, 0.1) is 17.4 Å². The van der Waals surface area contributed by atoms with Crippen molar-refractivity contribution in [2.75, 3.05) is 11.1 Å². The monoisotopic (exact) mass is 439 g/mol. The number of nitrogens with one attached hydrogen (secondary N) is 1. The maximum Gasteiger partial charge on any atom is 0.253 e. The minimum absolute atomic E-state index is 0.0871. The van der Waals surface area contributed by atoms with Crippen molar-refractivity contribution in [1.82, 2.24) is 19.6 Å². The third kappa shape index (κ3) is 3.99. The van der Waals surface area contributed by atoms with Crippen LogP contribution in [-0.4, -0.2) is 31.2 Å². The van der Waals surface area contributed by atoms with Crippen LogP contribution < -0.4 is 5.32 Å². The Bertz CT molecular complexity index is 862. The summed E-state index contributed by atoms with van der Waals surface area (Å²) in [5.41, 5.74) is 2.65. The lowest BCUT2D eigenvalue weighted by Crippen LogP contribution is -2.14. The molecule has 0 unspecified atom stereocenters.